The topological polar surface area (TPSA) is 23.5 Å². The largest absolute Gasteiger partial charge is 0.396 e. The van der Waals surface area contributed by atoms with Gasteiger partial charge >= 0.3 is 0 Å². The van der Waals surface area contributed by atoms with Gasteiger partial charge in [-0.05, 0) is 40.3 Å². The van der Waals surface area contributed by atoms with Crippen LogP contribution in [0.25, 0.3) is 0 Å². The minimum absolute atomic E-state index is 0.143. The number of rotatable bonds is 6. The van der Waals surface area contributed by atoms with Crippen molar-refractivity contribution in [1.82, 2.24) is 4.90 Å². The van der Waals surface area contributed by atoms with E-state index in [0.29, 0.717) is 0 Å². The van der Waals surface area contributed by atoms with Crippen molar-refractivity contribution in [3.8, 4) is 0 Å². The van der Waals surface area contributed by atoms with Crippen LogP contribution in [0.15, 0.2) is 0 Å². The SMILES string of the molecule is CCCCN(C)C(C)(C)CCO. The molecule has 12 heavy (non-hydrogen) atoms. The molecular formula is C10H23NO. The zero-order chi connectivity index (χ0) is 9.61. The maximum absolute atomic E-state index is 8.85. The van der Waals surface area contributed by atoms with Crippen LogP contribution in [-0.4, -0.2) is 35.7 Å². The zero-order valence-corrected chi connectivity index (χ0v) is 8.93. The maximum Gasteiger partial charge on any atom is 0.0448 e. The molecule has 2 nitrogen and oxygen atoms in total. The predicted molar refractivity (Wildman–Crippen MR) is 53.3 cm³/mol. The van der Waals surface area contributed by atoms with E-state index in [1.54, 1.807) is 0 Å². The Morgan fingerprint density at radius 3 is 2.33 bits per heavy atom. The van der Waals surface area contributed by atoms with Crippen LogP contribution in [-0.2, 0) is 0 Å². The molecule has 0 aliphatic heterocycles. The highest BCUT2D eigenvalue weighted by Crippen LogP contribution is 2.16. The molecule has 2 heteroatoms. The van der Waals surface area contributed by atoms with Crippen LogP contribution in [0, 0.1) is 0 Å². The van der Waals surface area contributed by atoms with E-state index in [4.69, 9.17) is 5.11 Å². The standard InChI is InChI=1S/C10H23NO/c1-5-6-8-11(4)10(2,3)7-9-12/h12H,5-9H2,1-4H3. The van der Waals surface area contributed by atoms with Crippen LogP contribution < -0.4 is 0 Å². The zero-order valence-electron chi connectivity index (χ0n) is 8.93. The lowest BCUT2D eigenvalue weighted by atomic mass is 9.99. The maximum atomic E-state index is 8.85. The van der Waals surface area contributed by atoms with Gasteiger partial charge < -0.3 is 10.0 Å². The molecule has 0 aromatic carbocycles. The Balaban J connectivity index is 3.79. The number of nitrogens with zero attached hydrogens (tertiary/aromatic N) is 1. The molecule has 0 fully saturated rings. The van der Waals surface area contributed by atoms with Gasteiger partial charge in [-0.1, -0.05) is 13.3 Å². The Hall–Kier alpha value is -0.0800. The first-order chi connectivity index (χ1) is 5.54. The smallest absolute Gasteiger partial charge is 0.0448 e. The van der Waals surface area contributed by atoms with Crippen molar-refractivity contribution < 1.29 is 5.11 Å². The lowest BCUT2D eigenvalue weighted by molar-refractivity contribution is 0.115. The average Bonchev–Trinajstić information content (AvgIpc) is 2.00. The summed E-state index contributed by atoms with van der Waals surface area (Å²) in [6.07, 6.45) is 3.33. The van der Waals surface area contributed by atoms with E-state index < -0.39 is 0 Å². The number of aliphatic hydroxyl groups is 1. The number of hydrogen-bond donors (Lipinski definition) is 1. The van der Waals surface area contributed by atoms with E-state index in [2.05, 4.69) is 32.7 Å². The Kier molecular flexibility index (Phi) is 5.51. The summed E-state index contributed by atoms with van der Waals surface area (Å²) in [5.74, 6) is 0. The first-order valence-corrected chi connectivity index (χ1v) is 4.86. The predicted octanol–water partition coefficient (Wildman–Crippen LogP) is 1.88. The third-order valence-corrected chi connectivity index (χ3v) is 2.60. The Labute approximate surface area is 76.6 Å². The quantitative estimate of drug-likeness (QED) is 0.663. The van der Waals surface area contributed by atoms with Gasteiger partial charge in [0.2, 0.25) is 0 Å². The van der Waals surface area contributed by atoms with Crippen molar-refractivity contribution in [3.05, 3.63) is 0 Å². The van der Waals surface area contributed by atoms with Crippen molar-refractivity contribution in [2.75, 3.05) is 20.2 Å². The normalized spacial score (nSPS) is 12.5. The molecule has 0 aliphatic carbocycles. The van der Waals surface area contributed by atoms with E-state index in [9.17, 15) is 0 Å². The molecular weight excluding hydrogens is 150 g/mol. The van der Waals surface area contributed by atoms with Crippen molar-refractivity contribution in [3.63, 3.8) is 0 Å². The van der Waals surface area contributed by atoms with Crippen molar-refractivity contribution in [1.29, 1.82) is 0 Å². The summed E-state index contributed by atoms with van der Waals surface area (Å²) >= 11 is 0. The third kappa shape index (κ3) is 4.07. The fourth-order valence-electron chi connectivity index (χ4n) is 1.16. The van der Waals surface area contributed by atoms with Gasteiger partial charge in [0.1, 0.15) is 0 Å². The van der Waals surface area contributed by atoms with Gasteiger partial charge in [0.25, 0.3) is 0 Å². The van der Waals surface area contributed by atoms with Crippen molar-refractivity contribution >= 4 is 0 Å². The van der Waals surface area contributed by atoms with Crippen LogP contribution in [0.3, 0.4) is 0 Å². The number of aliphatic hydroxyl groups excluding tert-OH is 1. The van der Waals surface area contributed by atoms with Gasteiger partial charge in [0.05, 0.1) is 0 Å². The summed E-state index contributed by atoms with van der Waals surface area (Å²) in [4.78, 5) is 2.33. The Morgan fingerprint density at radius 1 is 1.33 bits per heavy atom. The molecule has 74 valence electrons. The molecule has 0 saturated carbocycles. The van der Waals surface area contributed by atoms with E-state index in [1.165, 1.54) is 12.8 Å². The van der Waals surface area contributed by atoms with Gasteiger partial charge in [0.15, 0.2) is 0 Å². The van der Waals surface area contributed by atoms with Gasteiger partial charge in [0, 0.05) is 12.1 Å². The van der Waals surface area contributed by atoms with Crippen LogP contribution in [0.1, 0.15) is 40.0 Å². The number of hydrogen-bond acceptors (Lipinski definition) is 2. The Bertz CT molecular complexity index is 112. The molecule has 0 spiro atoms. The summed E-state index contributed by atoms with van der Waals surface area (Å²) < 4.78 is 0. The summed E-state index contributed by atoms with van der Waals surface area (Å²) in [5, 5.41) is 8.85. The van der Waals surface area contributed by atoms with E-state index in [1.807, 2.05) is 0 Å². The van der Waals surface area contributed by atoms with Crippen molar-refractivity contribution in [2.45, 2.75) is 45.6 Å². The molecule has 0 heterocycles. The van der Waals surface area contributed by atoms with Crippen molar-refractivity contribution in [2.24, 2.45) is 0 Å². The van der Waals surface area contributed by atoms with Crippen LogP contribution in [0.2, 0.25) is 0 Å². The van der Waals surface area contributed by atoms with E-state index in [0.717, 1.165) is 13.0 Å². The second-order valence-electron chi connectivity index (χ2n) is 4.06. The highest BCUT2D eigenvalue weighted by atomic mass is 16.3. The summed E-state index contributed by atoms with van der Waals surface area (Å²) in [5.41, 5.74) is 0.143. The fourth-order valence-corrected chi connectivity index (χ4v) is 1.16. The van der Waals surface area contributed by atoms with E-state index >= 15 is 0 Å². The molecule has 0 saturated heterocycles. The molecule has 0 bridgehead atoms. The minimum atomic E-state index is 0.143. The highest BCUT2D eigenvalue weighted by Gasteiger charge is 2.21. The van der Waals surface area contributed by atoms with Gasteiger partial charge in [-0.2, -0.15) is 0 Å². The summed E-state index contributed by atoms with van der Waals surface area (Å²) in [6, 6.07) is 0. The molecule has 0 radical (unpaired) electrons. The monoisotopic (exact) mass is 173 g/mol. The highest BCUT2D eigenvalue weighted by molar-refractivity contribution is 4.78. The second kappa shape index (κ2) is 5.55. The van der Waals surface area contributed by atoms with Gasteiger partial charge in [-0.3, -0.25) is 0 Å². The third-order valence-electron chi connectivity index (χ3n) is 2.60. The van der Waals surface area contributed by atoms with E-state index in [-0.39, 0.29) is 12.1 Å². The van der Waals surface area contributed by atoms with Crippen LogP contribution >= 0.6 is 0 Å². The Morgan fingerprint density at radius 2 is 1.92 bits per heavy atom. The summed E-state index contributed by atoms with van der Waals surface area (Å²) in [6.45, 7) is 7.97. The fraction of sp³-hybridized carbons (Fsp3) is 1.00. The molecule has 0 amide bonds. The molecule has 0 rings (SSSR count). The first-order valence-electron chi connectivity index (χ1n) is 4.86. The lowest BCUT2D eigenvalue weighted by Gasteiger charge is -2.35. The molecule has 1 N–H and O–H groups in total. The van der Waals surface area contributed by atoms with Gasteiger partial charge in [-0.25, -0.2) is 0 Å². The van der Waals surface area contributed by atoms with Gasteiger partial charge in [-0.15, -0.1) is 0 Å². The average molecular weight is 173 g/mol. The molecule has 0 aromatic heterocycles. The summed E-state index contributed by atoms with van der Waals surface area (Å²) in [7, 11) is 2.13. The second-order valence-corrected chi connectivity index (χ2v) is 4.06. The van der Waals surface area contributed by atoms with Crippen LogP contribution in [0.4, 0.5) is 0 Å². The number of unbranched alkanes of at least 4 members (excludes halogenated alkanes) is 1. The van der Waals surface area contributed by atoms with Crippen LogP contribution in [0.5, 0.6) is 0 Å². The molecule has 0 atom stereocenters. The minimum Gasteiger partial charge on any atom is -0.396 e. The lowest BCUT2D eigenvalue weighted by Crippen LogP contribution is -2.42. The first kappa shape index (κ1) is 11.9. The molecule has 0 aliphatic rings. The molecule has 0 unspecified atom stereocenters. The molecule has 0 aromatic rings.